The second-order valence-electron chi connectivity index (χ2n) is 4.46. The lowest BCUT2D eigenvalue weighted by Gasteiger charge is -2.32. The van der Waals surface area contributed by atoms with Crippen LogP contribution >= 0.6 is 11.6 Å². The van der Waals surface area contributed by atoms with Crippen LogP contribution in [0.15, 0.2) is 5.10 Å². The van der Waals surface area contributed by atoms with Crippen molar-refractivity contribution < 1.29 is 0 Å². The third kappa shape index (κ3) is 1.05. The SMILES string of the molecule is CC1(C)CCC2C=NN(CCl)C21. The lowest BCUT2D eigenvalue weighted by Crippen LogP contribution is -2.38. The van der Waals surface area contributed by atoms with Crippen LogP contribution in [0, 0.1) is 11.3 Å². The normalized spacial score (nSPS) is 37.4. The Bertz CT molecular complexity index is 213. The van der Waals surface area contributed by atoms with Gasteiger partial charge >= 0.3 is 0 Å². The smallest absolute Gasteiger partial charge is 0.110 e. The van der Waals surface area contributed by atoms with Gasteiger partial charge in [0.25, 0.3) is 0 Å². The van der Waals surface area contributed by atoms with Crippen molar-refractivity contribution in [2.45, 2.75) is 32.7 Å². The Hall–Kier alpha value is -0.240. The van der Waals surface area contributed by atoms with E-state index in [1.165, 1.54) is 12.8 Å². The van der Waals surface area contributed by atoms with Crippen LogP contribution in [0.1, 0.15) is 26.7 Å². The Kier molecular flexibility index (Phi) is 1.83. The summed E-state index contributed by atoms with van der Waals surface area (Å²) in [7, 11) is 0. The van der Waals surface area contributed by atoms with E-state index in [9.17, 15) is 0 Å². The summed E-state index contributed by atoms with van der Waals surface area (Å²) in [6, 6.07) is 1.08. The van der Waals surface area contributed by atoms with Gasteiger partial charge in [0.05, 0.1) is 6.04 Å². The van der Waals surface area contributed by atoms with Crippen LogP contribution in [-0.4, -0.2) is 23.3 Å². The maximum atomic E-state index is 5.81. The van der Waals surface area contributed by atoms with Crippen molar-refractivity contribution in [3.05, 3.63) is 0 Å². The van der Waals surface area contributed by atoms with Crippen LogP contribution in [0.2, 0.25) is 0 Å². The molecule has 2 nitrogen and oxygen atoms in total. The van der Waals surface area contributed by atoms with Gasteiger partial charge in [-0.25, -0.2) is 0 Å². The fourth-order valence-corrected chi connectivity index (χ4v) is 2.76. The number of nitrogens with zero attached hydrogens (tertiary/aromatic N) is 2. The molecular formula is C9H15ClN2. The monoisotopic (exact) mass is 186 g/mol. The lowest BCUT2D eigenvalue weighted by molar-refractivity contribution is 0.142. The summed E-state index contributed by atoms with van der Waals surface area (Å²) in [6.45, 7) is 4.62. The summed E-state index contributed by atoms with van der Waals surface area (Å²) in [5.41, 5.74) is 0.385. The van der Waals surface area contributed by atoms with Crippen LogP contribution in [0.3, 0.4) is 0 Å². The van der Waals surface area contributed by atoms with Crippen molar-refractivity contribution in [1.29, 1.82) is 0 Å². The summed E-state index contributed by atoms with van der Waals surface area (Å²) < 4.78 is 0. The van der Waals surface area contributed by atoms with Gasteiger partial charge in [-0.05, 0) is 18.3 Å². The van der Waals surface area contributed by atoms with E-state index in [1.807, 2.05) is 5.01 Å². The van der Waals surface area contributed by atoms with Gasteiger partial charge in [0.1, 0.15) is 6.00 Å². The van der Waals surface area contributed by atoms with Crippen LogP contribution < -0.4 is 0 Å². The van der Waals surface area contributed by atoms with Gasteiger partial charge in [-0.3, -0.25) is 5.01 Å². The summed E-state index contributed by atoms with van der Waals surface area (Å²) in [5.74, 6) is 0.652. The maximum absolute atomic E-state index is 5.81. The molecule has 68 valence electrons. The lowest BCUT2D eigenvalue weighted by atomic mass is 9.85. The van der Waals surface area contributed by atoms with Gasteiger partial charge in [-0.15, -0.1) is 11.6 Å². The zero-order valence-corrected chi connectivity index (χ0v) is 8.38. The highest BCUT2D eigenvalue weighted by molar-refractivity contribution is 6.17. The first-order chi connectivity index (χ1) is 5.65. The van der Waals surface area contributed by atoms with E-state index in [0.717, 1.165) is 0 Å². The highest BCUT2D eigenvalue weighted by Crippen LogP contribution is 2.46. The molecule has 12 heavy (non-hydrogen) atoms. The van der Waals surface area contributed by atoms with Crippen molar-refractivity contribution in [3.63, 3.8) is 0 Å². The summed E-state index contributed by atoms with van der Waals surface area (Å²) in [5, 5.41) is 6.34. The van der Waals surface area contributed by atoms with E-state index in [2.05, 4.69) is 25.2 Å². The van der Waals surface area contributed by atoms with Crippen molar-refractivity contribution >= 4 is 17.8 Å². The Morgan fingerprint density at radius 1 is 1.67 bits per heavy atom. The second-order valence-corrected chi connectivity index (χ2v) is 4.70. The summed E-state index contributed by atoms with van der Waals surface area (Å²) in [4.78, 5) is 0. The van der Waals surface area contributed by atoms with Gasteiger partial charge in [-0.1, -0.05) is 13.8 Å². The minimum atomic E-state index is 0.385. The number of fused-ring (bicyclic) bond motifs is 1. The molecule has 1 aliphatic carbocycles. The Morgan fingerprint density at radius 2 is 2.42 bits per heavy atom. The zero-order valence-electron chi connectivity index (χ0n) is 7.63. The number of rotatable bonds is 1. The molecule has 0 aromatic rings. The Morgan fingerprint density at radius 3 is 3.08 bits per heavy atom. The molecule has 0 radical (unpaired) electrons. The quantitative estimate of drug-likeness (QED) is 0.453. The average Bonchev–Trinajstić information content (AvgIpc) is 2.53. The molecule has 3 heteroatoms. The fourth-order valence-electron chi connectivity index (χ4n) is 2.55. The minimum Gasteiger partial charge on any atom is -0.278 e. The third-order valence-corrected chi connectivity index (χ3v) is 3.42. The molecular weight excluding hydrogens is 172 g/mol. The molecule has 0 amide bonds. The largest absolute Gasteiger partial charge is 0.278 e. The number of hydrogen-bond donors (Lipinski definition) is 0. The van der Waals surface area contributed by atoms with E-state index < -0.39 is 0 Å². The molecule has 1 aliphatic heterocycles. The first-order valence-electron chi connectivity index (χ1n) is 4.52. The molecule has 0 bridgehead atoms. The summed E-state index contributed by atoms with van der Waals surface area (Å²) in [6.07, 6.45) is 4.64. The van der Waals surface area contributed by atoms with E-state index in [4.69, 9.17) is 11.6 Å². The topological polar surface area (TPSA) is 15.6 Å². The van der Waals surface area contributed by atoms with Crippen molar-refractivity contribution in [3.8, 4) is 0 Å². The van der Waals surface area contributed by atoms with E-state index in [-0.39, 0.29) is 0 Å². The minimum absolute atomic E-state index is 0.385. The van der Waals surface area contributed by atoms with Crippen molar-refractivity contribution in [2.75, 3.05) is 6.00 Å². The molecule has 1 saturated carbocycles. The number of hydrogen-bond acceptors (Lipinski definition) is 2. The number of halogens is 1. The molecule has 0 aromatic heterocycles. The van der Waals surface area contributed by atoms with Crippen LogP contribution in [0.5, 0.6) is 0 Å². The van der Waals surface area contributed by atoms with Crippen LogP contribution in [0.25, 0.3) is 0 Å². The van der Waals surface area contributed by atoms with Crippen molar-refractivity contribution in [2.24, 2.45) is 16.4 Å². The number of hydrazone groups is 1. The molecule has 2 rings (SSSR count). The molecule has 0 N–H and O–H groups in total. The third-order valence-electron chi connectivity index (χ3n) is 3.18. The number of alkyl halides is 1. The van der Waals surface area contributed by atoms with Crippen LogP contribution in [0.4, 0.5) is 0 Å². The summed E-state index contributed by atoms with van der Waals surface area (Å²) >= 11 is 5.81. The van der Waals surface area contributed by atoms with E-state index in [0.29, 0.717) is 23.4 Å². The van der Waals surface area contributed by atoms with Gasteiger partial charge < -0.3 is 0 Å². The zero-order chi connectivity index (χ0) is 8.77. The Labute approximate surface area is 78.6 Å². The van der Waals surface area contributed by atoms with E-state index >= 15 is 0 Å². The predicted molar refractivity (Wildman–Crippen MR) is 51.3 cm³/mol. The van der Waals surface area contributed by atoms with Gasteiger partial charge in [0.15, 0.2) is 0 Å². The molecule has 0 spiro atoms. The Balaban J connectivity index is 2.21. The fraction of sp³-hybridized carbons (Fsp3) is 0.889. The highest BCUT2D eigenvalue weighted by Gasteiger charge is 2.46. The predicted octanol–water partition coefficient (Wildman–Crippen LogP) is 2.29. The molecule has 0 aromatic carbocycles. The average molecular weight is 187 g/mol. The molecule has 1 fully saturated rings. The molecule has 2 aliphatic rings. The second kappa shape index (κ2) is 2.63. The van der Waals surface area contributed by atoms with E-state index in [1.54, 1.807) is 0 Å². The first-order valence-corrected chi connectivity index (χ1v) is 5.05. The van der Waals surface area contributed by atoms with Crippen molar-refractivity contribution in [1.82, 2.24) is 5.01 Å². The van der Waals surface area contributed by atoms with Crippen LogP contribution in [-0.2, 0) is 0 Å². The van der Waals surface area contributed by atoms with Gasteiger partial charge in [-0.2, -0.15) is 5.10 Å². The van der Waals surface area contributed by atoms with Gasteiger partial charge in [0.2, 0.25) is 0 Å². The molecule has 2 atom stereocenters. The first kappa shape index (κ1) is 8.36. The molecule has 2 unspecified atom stereocenters. The maximum Gasteiger partial charge on any atom is 0.110 e. The molecule has 0 saturated heterocycles. The molecule has 1 heterocycles. The van der Waals surface area contributed by atoms with Gasteiger partial charge in [0, 0.05) is 12.1 Å². The standard InChI is InChI=1S/C9H15ClN2/c1-9(2)4-3-7-5-11-12(6-10)8(7)9/h5,7-8H,3-4,6H2,1-2H3. The highest BCUT2D eigenvalue weighted by atomic mass is 35.5.